The molecular formula is C21H20N2O4. The van der Waals surface area contributed by atoms with Crippen molar-refractivity contribution in [3.63, 3.8) is 0 Å². The van der Waals surface area contributed by atoms with Crippen LogP contribution in [0.4, 0.5) is 5.69 Å². The summed E-state index contributed by atoms with van der Waals surface area (Å²) in [5.41, 5.74) is 2.17. The second-order valence-corrected chi connectivity index (χ2v) is 6.52. The maximum atomic E-state index is 12.6. The van der Waals surface area contributed by atoms with Crippen molar-refractivity contribution >= 4 is 22.5 Å². The summed E-state index contributed by atoms with van der Waals surface area (Å²) in [5.74, 6) is 0.889. The van der Waals surface area contributed by atoms with E-state index in [0.717, 1.165) is 23.8 Å². The average molecular weight is 364 g/mol. The lowest BCUT2D eigenvalue weighted by atomic mass is 10.0. The highest BCUT2D eigenvalue weighted by molar-refractivity contribution is 5.97. The number of benzene rings is 2. The van der Waals surface area contributed by atoms with Gasteiger partial charge in [0.25, 0.3) is 5.91 Å². The van der Waals surface area contributed by atoms with Crippen LogP contribution in [-0.2, 0) is 11.2 Å². The first kappa shape index (κ1) is 17.1. The summed E-state index contributed by atoms with van der Waals surface area (Å²) in [4.78, 5) is 27.3. The van der Waals surface area contributed by atoms with Gasteiger partial charge in [-0.25, -0.2) is 0 Å². The predicted molar refractivity (Wildman–Crippen MR) is 104 cm³/mol. The lowest BCUT2D eigenvalue weighted by molar-refractivity contribution is -0.125. The molecule has 1 atom stereocenters. The minimum atomic E-state index is -0.735. The fourth-order valence-corrected chi connectivity index (χ4v) is 3.26. The van der Waals surface area contributed by atoms with Crippen LogP contribution in [0.25, 0.3) is 10.9 Å². The van der Waals surface area contributed by atoms with Gasteiger partial charge < -0.3 is 19.8 Å². The molecule has 3 aromatic rings. The number of ether oxygens (including phenoxy) is 2. The van der Waals surface area contributed by atoms with Crippen LogP contribution >= 0.6 is 0 Å². The van der Waals surface area contributed by atoms with E-state index in [-0.39, 0.29) is 18.1 Å². The van der Waals surface area contributed by atoms with Crippen molar-refractivity contribution in [1.82, 2.24) is 4.98 Å². The second-order valence-electron chi connectivity index (χ2n) is 6.52. The largest absolute Gasteiger partial charge is 0.485 e. The first-order valence-electron chi connectivity index (χ1n) is 8.99. The number of hydrogen-bond donors (Lipinski definition) is 2. The predicted octanol–water partition coefficient (Wildman–Crippen LogP) is 3.26. The number of anilines is 1. The number of carbonyl (C=O) groups is 1. The number of hydrogen-bond acceptors (Lipinski definition) is 4. The van der Waals surface area contributed by atoms with Gasteiger partial charge >= 0.3 is 0 Å². The van der Waals surface area contributed by atoms with Gasteiger partial charge in [-0.3, -0.25) is 9.59 Å². The van der Waals surface area contributed by atoms with E-state index in [0.29, 0.717) is 22.7 Å². The number of aryl methyl sites for hydroxylation is 1. The van der Waals surface area contributed by atoms with Crippen LogP contribution in [0.15, 0.2) is 53.3 Å². The highest BCUT2D eigenvalue weighted by atomic mass is 16.6. The van der Waals surface area contributed by atoms with E-state index in [1.54, 1.807) is 24.3 Å². The Morgan fingerprint density at radius 1 is 1.19 bits per heavy atom. The van der Waals surface area contributed by atoms with Crippen LogP contribution in [-0.4, -0.2) is 23.6 Å². The topological polar surface area (TPSA) is 80.4 Å². The monoisotopic (exact) mass is 364 g/mol. The minimum Gasteiger partial charge on any atom is -0.485 e. The zero-order chi connectivity index (χ0) is 18.8. The van der Waals surface area contributed by atoms with E-state index in [1.807, 2.05) is 24.3 Å². The third kappa shape index (κ3) is 3.51. The maximum Gasteiger partial charge on any atom is 0.269 e. The van der Waals surface area contributed by atoms with Crippen LogP contribution in [0.2, 0.25) is 0 Å². The van der Waals surface area contributed by atoms with Crippen molar-refractivity contribution < 1.29 is 14.3 Å². The molecule has 1 aliphatic rings. The second kappa shape index (κ2) is 7.15. The molecule has 0 spiro atoms. The Bertz CT molecular complexity index is 1060. The lowest BCUT2D eigenvalue weighted by Crippen LogP contribution is -2.40. The molecule has 138 valence electrons. The van der Waals surface area contributed by atoms with Crippen molar-refractivity contribution in [3.8, 4) is 11.5 Å². The molecule has 0 radical (unpaired) electrons. The number of pyridine rings is 1. The number of amides is 1. The molecule has 1 unspecified atom stereocenters. The number of aromatic amines is 1. The number of rotatable bonds is 4. The molecule has 2 aromatic carbocycles. The SMILES string of the molecule is CCCc1cc(=O)[nH]c2cc(NC(=O)C3COc4ccccc4O3)ccc12. The fraction of sp³-hybridized carbons (Fsp3) is 0.238. The molecule has 0 aliphatic carbocycles. The van der Waals surface area contributed by atoms with Crippen molar-refractivity contribution in [3.05, 3.63) is 64.4 Å². The zero-order valence-electron chi connectivity index (χ0n) is 15.0. The number of nitrogens with one attached hydrogen (secondary N) is 2. The van der Waals surface area contributed by atoms with Crippen molar-refractivity contribution in [2.45, 2.75) is 25.9 Å². The van der Waals surface area contributed by atoms with E-state index in [1.165, 1.54) is 0 Å². The normalized spacial score (nSPS) is 15.5. The standard InChI is InChI=1S/C21H20N2O4/c1-2-5-13-10-20(24)23-16-11-14(8-9-15(13)16)22-21(25)19-12-26-17-6-3-4-7-18(17)27-19/h3-4,6-11,19H,2,5,12H2,1H3,(H,22,25)(H,23,24). The fourth-order valence-electron chi connectivity index (χ4n) is 3.26. The molecule has 6 nitrogen and oxygen atoms in total. The Kier molecular flexibility index (Phi) is 4.54. The molecule has 2 heterocycles. The molecule has 27 heavy (non-hydrogen) atoms. The first-order chi connectivity index (χ1) is 13.1. The molecular weight excluding hydrogens is 344 g/mol. The molecule has 0 fully saturated rings. The van der Waals surface area contributed by atoms with Crippen molar-refractivity contribution in [1.29, 1.82) is 0 Å². The van der Waals surface area contributed by atoms with Crippen LogP contribution < -0.4 is 20.3 Å². The number of carbonyl (C=O) groups excluding carboxylic acids is 1. The summed E-state index contributed by atoms with van der Waals surface area (Å²) < 4.78 is 11.3. The highest BCUT2D eigenvalue weighted by Gasteiger charge is 2.27. The summed E-state index contributed by atoms with van der Waals surface area (Å²) in [6, 6.07) is 14.4. The number of fused-ring (bicyclic) bond motifs is 2. The summed E-state index contributed by atoms with van der Waals surface area (Å²) in [6.45, 7) is 2.22. The Morgan fingerprint density at radius 3 is 2.81 bits per heavy atom. The summed E-state index contributed by atoms with van der Waals surface area (Å²) >= 11 is 0. The van der Waals surface area contributed by atoms with Gasteiger partial charge in [-0.1, -0.05) is 31.5 Å². The van der Waals surface area contributed by atoms with E-state index >= 15 is 0 Å². The third-order valence-corrected chi connectivity index (χ3v) is 4.52. The molecule has 0 saturated heterocycles. The van der Waals surface area contributed by atoms with Gasteiger partial charge in [0.1, 0.15) is 6.61 Å². The molecule has 6 heteroatoms. The van der Waals surface area contributed by atoms with Gasteiger partial charge in [-0.05, 0) is 36.2 Å². The number of H-pyrrole nitrogens is 1. The van der Waals surface area contributed by atoms with E-state index < -0.39 is 6.10 Å². The molecule has 0 bridgehead atoms. The molecule has 1 amide bonds. The minimum absolute atomic E-state index is 0.143. The van der Waals surface area contributed by atoms with Crippen LogP contribution in [0.5, 0.6) is 11.5 Å². The van der Waals surface area contributed by atoms with Gasteiger partial charge in [-0.15, -0.1) is 0 Å². The van der Waals surface area contributed by atoms with Gasteiger partial charge in [0.15, 0.2) is 11.5 Å². The molecule has 4 rings (SSSR count). The van der Waals surface area contributed by atoms with Gasteiger partial charge in [0.05, 0.1) is 5.52 Å². The number of aromatic nitrogens is 1. The highest BCUT2D eigenvalue weighted by Crippen LogP contribution is 2.31. The van der Waals surface area contributed by atoms with E-state index in [2.05, 4.69) is 17.2 Å². The summed E-state index contributed by atoms with van der Waals surface area (Å²) in [5, 5.41) is 3.83. The zero-order valence-corrected chi connectivity index (χ0v) is 15.0. The maximum absolute atomic E-state index is 12.6. The molecule has 1 aromatic heterocycles. The summed E-state index contributed by atoms with van der Waals surface area (Å²) in [6.07, 6.45) is 1.05. The van der Waals surface area contributed by atoms with Crippen LogP contribution in [0.1, 0.15) is 18.9 Å². The molecule has 0 saturated carbocycles. The average Bonchev–Trinajstić information content (AvgIpc) is 2.67. The van der Waals surface area contributed by atoms with E-state index in [4.69, 9.17) is 9.47 Å². The van der Waals surface area contributed by atoms with E-state index in [9.17, 15) is 9.59 Å². The molecule has 2 N–H and O–H groups in total. The lowest BCUT2D eigenvalue weighted by Gasteiger charge is -2.25. The van der Waals surface area contributed by atoms with Crippen molar-refractivity contribution in [2.24, 2.45) is 0 Å². The Balaban J connectivity index is 1.55. The third-order valence-electron chi connectivity index (χ3n) is 4.52. The van der Waals surface area contributed by atoms with Crippen LogP contribution in [0, 0.1) is 0 Å². The van der Waals surface area contributed by atoms with Crippen molar-refractivity contribution in [2.75, 3.05) is 11.9 Å². The molecule has 1 aliphatic heterocycles. The Morgan fingerprint density at radius 2 is 2.00 bits per heavy atom. The van der Waals surface area contributed by atoms with Gasteiger partial charge in [0.2, 0.25) is 11.7 Å². The van der Waals surface area contributed by atoms with Crippen LogP contribution in [0.3, 0.4) is 0 Å². The summed E-state index contributed by atoms with van der Waals surface area (Å²) in [7, 11) is 0. The smallest absolute Gasteiger partial charge is 0.269 e. The quantitative estimate of drug-likeness (QED) is 0.745. The Hall–Kier alpha value is -3.28. The van der Waals surface area contributed by atoms with Gasteiger partial charge in [-0.2, -0.15) is 0 Å². The number of para-hydroxylation sites is 2. The first-order valence-corrected chi connectivity index (χ1v) is 8.99. The van der Waals surface area contributed by atoms with Gasteiger partial charge in [0, 0.05) is 17.1 Å². The Labute approximate surface area is 156 Å².